The molecule has 5 nitrogen and oxygen atoms in total. The number of rotatable bonds is 2. The van der Waals surface area contributed by atoms with Gasteiger partial charge in [0.25, 0.3) is 5.91 Å². The van der Waals surface area contributed by atoms with Gasteiger partial charge >= 0.3 is 0 Å². The van der Waals surface area contributed by atoms with E-state index in [1.807, 2.05) is 6.07 Å². The first-order chi connectivity index (χ1) is 10.2. The highest BCUT2D eigenvalue weighted by Gasteiger charge is 2.15. The highest BCUT2D eigenvalue weighted by atomic mass is 19.1. The van der Waals surface area contributed by atoms with Crippen molar-refractivity contribution in [2.75, 3.05) is 11.1 Å². The molecule has 0 fully saturated rings. The van der Waals surface area contributed by atoms with Crippen molar-refractivity contribution in [2.45, 2.75) is 0 Å². The summed E-state index contributed by atoms with van der Waals surface area (Å²) in [6.07, 6.45) is 4.61. The van der Waals surface area contributed by atoms with Gasteiger partial charge in [-0.05, 0) is 18.2 Å². The highest BCUT2D eigenvalue weighted by Crippen LogP contribution is 2.23. The number of hydrogen-bond acceptors (Lipinski definition) is 4. The number of carbonyl (C=O) groups is 1. The molecule has 104 valence electrons. The zero-order valence-electron chi connectivity index (χ0n) is 10.9. The van der Waals surface area contributed by atoms with E-state index >= 15 is 0 Å². The lowest BCUT2D eigenvalue weighted by Crippen LogP contribution is -2.15. The molecule has 0 radical (unpaired) electrons. The standard InChI is InChI=1S/C15H11FN4O/c16-13-11(5-7-19-14(13)17)15(21)20-12-3-1-2-9-8-18-6-4-10(9)12/h1-8H,(H2,17,19)(H,20,21). The van der Waals surface area contributed by atoms with E-state index in [1.165, 1.54) is 12.3 Å². The van der Waals surface area contributed by atoms with Gasteiger partial charge in [-0.1, -0.05) is 12.1 Å². The first-order valence-electron chi connectivity index (χ1n) is 6.21. The zero-order valence-corrected chi connectivity index (χ0v) is 10.9. The van der Waals surface area contributed by atoms with Crippen molar-refractivity contribution in [2.24, 2.45) is 0 Å². The van der Waals surface area contributed by atoms with Crippen LogP contribution in [0.3, 0.4) is 0 Å². The van der Waals surface area contributed by atoms with Crippen LogP contribution in [0.2, 0.25) is 0 Å². The van der Waals surface area contributed by atoms with Crippen molar-refractivity contribution >= 4 is 28.2 Å². The third-order valence-electron chi connectivity index (χ3n) is 3.09. The van der Waals surface area contributed by atoms with Gasteiger partial charge in [-0.3, -0.25) is 9.78 Å². The molecule has 0 unspecified atom stereocenters. The minimum atomic E-state index is -0.822. The molecule has 6 heteroatoms. The number of fused-ring (bicyclic) bond motifs is 1. The van der Waals surface area contributed by atoms with Gasteiger partial charge in [-0.15, -0.1) is 0 Å². The SMILES string of the molecule is Nc1nccc(C(=O)Nc2cccc3cnccc23)c1F. The normalized spacial score (nSPS) is 10.5. The Kier molecular flexibility index (Phi) is 3.19. The number of nitrogen functional groups attached to an aromatic ring is 1. The molecule has 0 atom stereocenters. The second-order valence-electron chi connectivity index (χ2n) is 4.41. The Morgan fingerprint density at radius 2 is 2.05 bits per heavy atom. The number of benzene rings is 1. The van der Waals surface area contributed by atoms with Crippen LogP contribution in [0.5, 0.6) is 0 Å². The van der Waals surface area contributed by atoms with Crippen molar-refractivity contribution in [1.82, 2.24) is 9.97 Å². The third kappa shape index (κ3) is 2.38. The number of anilines is 2. The third-order valence-corrected chi connectivity index (χ3v) is 3.09. The minimum absolute atomic E-state index is 0.145. The summed E-state index contributed by atoms with van der Waals surface area (Å²) in [7, 11) is 0. The number of hydrogen-bond donors (Lipinski definition) is 2. The summed E-state index contributed by atoms with van der Waals surface area (Å²) >= 11 is 0. The number of halogens is 1. The topological polar surface area (TPSA) is 80.9 Å². The van der Waals surface area contributed by atoms with Crippen molar-refractivity contribution in [3.05, 3.63) is 60.3 Å². The largest absolute Gasteiger partial charge is 0.381 e. The first-order valence-corrected chi connectivity index (χ1v) is 6.21. The maximum absolute atomic E-state index is 13.8. The van der Waals surface area contributed by atoms with Crippen LogP contribution in [0, 0.1) is 5.82 Å². The zero-order chi connectivity index (χ0) is 14.8. The van der Waals surface area contributed by atoms with E-state index in [1.54, 1.807) is 30.6 Å². The minimum Gasteiger partial charge on any atom is -0.381 e. The van der Waals surface area contributed by atoms with Crippen molar-refractivity contribution in [3.63, 3.8) is 0 Å². The maximum atomic E-state index is 13.8. The van der Waals surface area contributed by atoms with Gasteiger partial charge < -0.3 is 11.1 Å². The van der Waals surface area contributed by atoms with Crippen LogP contribution in [0.1, 0.15) is 10.4 Å². The molecule has 0 spiro atoms. The Labute approximate surface area is 119 Å². The summed E-state index contributed by atoms with van der Waals surface area (Å²) in [6.45, 7) is 0. The lowest BCUT2D eigenvalue weighted by atomic mass is 10.1. The Bertz CT molecular complexity index is 830. The second-order valence-corrected chi connectivity index (χ2v) is 4.41. The highest BCUT2D eigenvalue weighted by molar-refractivity contribution is 6.09. The summed E-state index contributed by atoms with van der Waals surface area (Å²) in [5.74, 6) is -1.70. The van der Waals surface area contributed by atoms with Crippen LogP contribution in [0.4, 0.5) is 15.9 Å². The monoisotopic (exact) mass is 282 g/mol. The Morgan fingerprint density at radius 1 is 1.19 bits per heavy atom. The summed E-state index contributed by atoms with van der Waals surface area (Å²) in [5.41, 5.74) is 5.80. The quantitative estimate of drug-likeness (QED) is 0.757. The van der Waals surface area contributed by atoms with E-state index in [4.69, 9.17) is 5.73 Å². The van der Waals surface area contributed by atoms with Crippen LogP contribution >= 0.6 is 0 Å². The molecule has 2 heterocycles. The number of amides is 1. The summed E-state index contributed by atoms with van der Waals surface area (Å²) in [6, 6.07) is 8.47. The molecule has 1 amide bonds. The average molecular weight is 282 g/mol. The van der Waals surface area contributed by atoms with Gasteiger partial charge in [0.2, 0.25) is 0 Å². The van der Waals surface area contributed by atoms with Crippen molar-refractivity contribution < 1.29 is 9.18 Å². The van der Waals surface area contributed by atoms with Gasteiger partial charge in [0.15, 0.2) is 11.6 Å². The Hall–Kier alpha value is -3.02. The fourth-order valence-corrected chi connectivity index (χ4v) is 2.06. The first kappa shape index (κ1) is 13.0. The van der Waals surface area contributed by atoms with Gasteiger partial charge in [-0.2, -0.15) is 0 Å². The average Bonchev–Trinajstić information content (AvgIpc) is 2.50. The molecule has 0 aliphatic rings. The molecule has 3 rings (SSSR count). The number of nitrogens with zero attached hydrogens (tertiary/aromatic N) is 2. The molecular weight excluding hydrogens is 271 g/mol. The number of nitrogens with one attached hydrogen (secondary N) is 1. The van der Waals surface area contributed by atoms with Crippen LogP contribution in [0.15, 0.2) is 48.9 Å². The molecule has 1 aromatic carbocycles. The molecule has 2 aromatic heterocycles. The second kappa shape index (κ2) is 5.16. The van der Waals surface area contributed by atoms with Crippen LogP contribution in [-0.4, -0.2) is 15.9 Å². The van der Waals surface area contributed by atoms with E-state index in [9.17, 15) is 9.18 Å². The lowest BCUT2D eigenvalue weighted by Gasteiger charge is -2.09. The molecule has 0 aliphatic carbocycles. The van der Waals surface area contributed by atoms with Gasteiger partial charge in [0, 0.05) is 35.1 Å². The molecule has 3 N–H and O–H groups in total. The Balaban J connectivity index is 1.99. The smallest absolute Gasteiger partial charge is 0.258 e. The molecule has 0 aliphatic heterocycles. The fourth-order valence-electron chi connectivity index (χ4n) is 2.06. The molecule has 21 heavy (non-hydrogen) atoms. The van der Waals surface area contributed by atoms with Crippen LogP contribution < -0.4 is 11.1 Å². The summed E-state index contributed by atoms with van der Waals surface area (Å²) in [5, 5.41) is 4.38. The number of pyridine rings is 2. The summed E-state index contributed by atoms with van der Waals surface area (Å²) in [4.78, 5) is 19.8. The summed E-state index contributed by atoms with van der Waals surface area (Å²) < 4.78 is 13.8. The molecule has 3 aromatic rings. The van der Waals surface area contributed by atoms with E-state index in [0.29, 0.717) is 5.69 Å². The molecule has 0 saturated heterocycles. The van der Waals surface area contributed by atoms with Gasteiger partial charge in [0.1, 0.15) is 0 Å². The van der Waals surface area contributed by atoms with E-state index in [2.05, 4.69) is 15.3 Å². The Morgan fingerprint density at radius 3 is 2.90 bits per heavy atom. The van der Waals surface area contributed by atoms with Crippen molar-refractivity contribution in [1.29, 1.82) is 0 Å². The molecule has 0 saturated carbocycles. The van der Waals surface area contributed by atoms with E-state index < -0.39 is 11.7 Å². The maximum Gasteiger partial charge on any atom is 0.258 e. The van der Waals surface area contributed by atoms with Gasteiger partial charge in [0.05, 0.1) is 5.56 Å². The van der Waals surface area contributed by atoms with Crippen molar-refractivity contribution in [3.8, 4) is 0 Å². The molecule has 0 bridgehead atoms. The molecular formula is C15H11FN4O. The van der Waals surface area contributed by atoms with E-state index in [0.717, 1.165) is 10.8 Å². The van der Waals surface area contributed by atoms with Gasteiger partial charge in [-0.25, -0.2) is 9.37 Å². The van der Waals surface area contributed by atoms with E-state index in [-0.39, 0.29) is 11.4 Å². The predicted molar refractivity (Wildman–Crippen MR) is 78.3 cm³/mol. The number of carbonyl (C=O) groups excluding carboxylic acids is 1. The number of aromatic nitrogens is 2. The predicted octanol–water partition coefficient (Wildman–Crippen LogP) is 2.60. The lowest BCUT2D eigenvalue weighted by molar-refractivity contribution is 0.102. The fraction of sp³-hybridized carbons (Fsp3) is 0. The van der Waals surface area contributed by atoms with Crippen LogP contribution in [-0.2, 0) is 0 Å². The van der Waals surface area contributed by atoms with Crippen LogP contribution in [0.25, 0.3) is 10.8 Å². The number of nitrogens with two attached hydrogens (primary N) is 1.